The zero-order valence-electron chi connectivity index (χ0n) is 10.9. The van der Waals surface area contributed by atoms with Crippen molar-refractivity contribution >= 4 is 28.5 Å². The molecule has 5 heteroatoms. The molecule has 0 fully saturated rings. The number of carboxylic acids is 1. The van der Waals surface area contributed by atoms with Crippen LogP contribution in [0.3, 0.4) is 0 Å². The molecular formula is C16H11ClFNO2. The molecule has 0 aliphatic heterocycles. The Balaban J connectivity index is 2.02. The lowest BCUT2D eigenvalue weighted by atomic mass is 10.1. The number of carboxylic acid groups (broad SMARTS) is 1. The summed E-state index contributed by atoms with van der Waals surface area (Å²) in [4.78, 5) is 11.0. The van der Waals surface area contributed by atoms with Gasteiger partial charge in [0.1, 0.15) is 5.82 Å². The Kier molecular flexibility index (Phi) is 3.39. The molecule has 106 valence electrons. The third-order valence-electron chi connectivity index (χ3n) is 3.37. The molecular weight excluding hydrogens is 293 g/mol. The van der Waals surface area contributed by atoms with Gasteiger partial charge in [0.15, 0.2) is 0 Å². The second-order valence-corrected chi connectivity index (χ2v) is 5.19. The van der Waals surface area contributed by atoms with Crippen molar-refractivity contribution in [1.29, 1.82) is 0 Å². The van der Waals surface area contributed by atoms with Crippen LogP contribution >= 0.6 is 11.6 Å². The standard InChI is InChI=1S/C16H11ClFNO2/c17-13-2-4-15-10(8-13)5-6-19(15)9-12-7-11(16(20)21)1-3-14(12)18/h1-8H,9H2,(H,20,21). The number of hydrogen-bond donors (Lipinski definition) is 1. The summed E-state index contributed by atoms with van der Waals surface area (Å²) in [6.07, 6.45) is 1.83. The monoisotopic (exact) mass is 303 g/mol. The van der Waals surface area contributed by atoms with E-state index in [0.717, 1.165) is 10.9 Å². The number of halogens is 2. The van der Waals surface area contributed by atoms with Gasteiger partial charge in [-0.15, -0.1) is 0 Å². The van der Waals surface area contributed by atoms with Crippen molar-refractivity contribution in [3.63, 3.8) is 0 Å². The molecule has 3 rings (SSSR count). The van der Waals surface area contributed by atoms with Crippen molar-refractivity contribution in [2.75, 3.05) is 0 Å². The van der Waals surface area contributed by atoms with Crippen LogP contribution in [0.1, 0.15) is 15.9 Å². The van der Waals surface area contributed by atoms with Gasteiger partial charge in [-0.1, -0.05) is 11.6 Å². The number of aromatic carboxylic acids is 1. The van der Waals surface area contributed by atoms with Crippen LogP contribution in [0.4, 0.5) is 4.39 Å². The molecule has 0 amide bonds. The first kappa shape index (κ1) is 13.6. The highest BCUT2D eigenvalue weighted by molar-refractivity contribution is 6.31. The zero-order valence-corrected chi connectivity index (χ0v) is 11.6. The number of hydrogen-bond acceptors (Lipinski definition) is 1. The highest BCUT2D eigenvalue weighted by atomic mass is 35.5. The van der Waals surface area contributed by atoms with E-state index in [1.165, 1.54) is 18.2 Å². The normalized spacial score (nSPS) is 11.0. The minimum atomic E-state index is -1.07. The van der Waals surface area contributed by atoms with Gasteiger partial charge in [0.05, 0.1) is 12.1 Å². The molecule has 0 bridgehead atoms. The van der Waals surface area contributed by atoms with Crippen LogP contribution in [-0.4, -0.2) is 15.6 Å². The van der Waals surface area contributed by atoms with E-state index in [1.807, 2.05) is 29.0 Å². The summed E-state index contributed by atoms with van der Waals surface area (Å²) < 4.78 is 15.7. The predicted octanol–water partition coefficient (Wildman–Crippen LogP) is 4.18. The van der Waals surface area contributed by atoms with Gasteiger partial charge in [-0.2, -0.15) is 0 Å². The summed E-state index contributed by atoms with van der Waals surface area (Å²) >= 11 is 5.93. The van der Waals surface area contributed by atoms with Crippen LogP contribution in [0.15, 0.2) is 48.7 Å². The number of rotatable bonds is 3. The molecule has 0 atom stereocenters. The van der Waals surface area contributed by atoms with E-state index in [0.29, 0.717) is 10.6 Å². The fourth-order valence-electron chi connectivity index (χ4n) is 2.32. The highest BCUT2D eigenvalue weighted by Crippen LogP contribution is 2.22. The zero-order chi connectivity index (χ0) is 15.0. The van der Waals surface area contributed by atoms with Crippen LogP contribution in [0, 0.1) is 5.82 Å². The fourth-order valence-corrected chi connectivity index (χ4v) is 2.50. The quantitative estimate of drug-likeness (QED) is 0.788. The Labute approximate surface area is 125 Å². The van der Waals surface area contributed by atoms with Gasteiger partial charge >= 0.3 is 5.97 Å². The van der Waals surface area contributed by atoms with Crippen molar-refractivity contribution in [3.05, 3.63) is 70.6 Å². The summed E-state index contributed by atoms with van der Waals surface area (Å²) in [6.45, 7) is 0.262. The molecule has 0 aliphatic carbocycles. The smallest absolute Gasteiger partial charge is 0.335 e. The molecule has 0 saturated heterocycles. The fraction of sp³-hybridized carbons (Fsp3) is 0.0625. The van der Waals surface area contributed by atoms with Crippen LogP contribution in [0.5, 0.6) is 0 Å². The van der Waals surface area contributed by atoms with E-state index in [-0.39, 0.29) is 12.1 Å². The van der Waals surface area contributed by atoms with Crippen LogP contribution in [0.25, 0.3) is 10.9 Å². The minimum absolute atomic E-state index is 0.0749. The van der Waals surface area contributed by atoms with Gasteiger partial charge < -0.3 is 9.67 Å². The summed E-state index contributed by atoms with van der Waals surface area (Å²) in [6, 6.07) is 11.1. The van der Waals surface area contributed by atoms with Crippen molar-refractivity contribution in [1.82, 2.24) is 4.57 Å². The van der Waals surface area contributed by atoms with E-state index < -0.39 is 11.8 Å². The molecule has 3 nitrogen and oxygen atoms in total. The van der Waals surface area contributed by atoms with Gasteiger partial charge in [-0.05, 0) is 42.5 Å². The van der Waals surface area contributed by atoms with E-state index in [9.17, 15) is 9.18 Å². The van der Waals surface area contributed by atoms with Gasteiger partial charge in [0, 0.05) is 27.7 Å². The lowest BCUT2D eigenvalue weighted by molar-refractivity contribution is 0.0696. The molecule has 0 saturated carbocycles. The SMILES string of the molecule is O=C(O)c1ccc(F)c(Cn2ccc3cc(Cl)ccc32)c1. The summed E-state index contributed by atoms with van der Waals surface area (Å²) in [5.74, 6) is -1.49. The van der Waals surface area contributed by atoms with Crippen LogP contribution in [-0.2, 0) is 6.54 Å². The topological polar surface area (TPSA) is 42.2 Å². The average Bonchev–Trinajstić information content (AvgIpc) is 2.83. The van der Waals surface area contributed by atoms with Crippen LogP contribution in [0.2, 0.25) is 5.02 Å². The highest BCUT2D eigenvalue weighted by Gasteiger charge is 2.10. The maximum atomic E-state index is 13.9. The second-order valence-electron chi connectivity index (χ2n) is 4.76. The molecule has 1 N–H and O–H groups in total. The summed E-state index contributed by atoms with van der Waals surface area (Å²) in [7, 11) is 0. The molecule has 0 spiro atoms. The first-order chi connectivity index (χ1) is 10.0. The van der Waals surface area contributed by atoms with E-state index in [4.69, 9.17) is 16.7 Å². The number of benzene rings is 2. The van der Waals surface area contributed by atoms with Gasteiger partial charge in [0.25, 0.3) is 0 Å². The summed E-state index contributed by atoms with van der Waals surface area (Å²) in [5.41, 5.74) is 1.33. The van der Waals surface area contributed by atoms with Crippen molar-refractivity contribution in [2.45, 2.75) is 6.54 Å². The molecule has 0 aliphatic rings. The van der Waals surface area contributed by atoms with Crippen molar-refractivity contribution in [2.24, 2.45) is 0 Å². The second kappa shape index (κ2) is 5.22. The third-order valence-corrected chi connectivity index (χ3v) is 3.60. The van der Waals surface area contributed by atoms with E-state index >= 15 is 0 Å². The molecule has 1 heterocycles. The Morgan fingerprint density at radius 3 is 2.76 bits per heavy atom. The predicted molar refractivity (Wildman–Crippen MR) is 79.4 cm³/mol. The maximum absolute atomic E-state index is 13.9. The Hall–Kier alpha value is -2.33. The molecule has 1 aromatic heterocycles. The molecule has 3 aromatic rings. The number of nitrogens with zero attached hydrogens (tertiary/aromatic N) is 1. The van der Waals surface area contributed by atoms with Crippen molar-refractivity contribution in [3.8, 4) is 0 Å². The van der Waals surface area contributed by atoms with Crippen molar-refractivity contribution < 1.29 is 14.3 Å². The Morgan fingerprint density at radius 1 is 1.19 bits per heavy atom. The average molecular weight is 304 g/mol. The third kappa shape index (κ3) is 2.62. The van der Waals surface area contributed by atoms with Gasteiger partial charge in [0.2, 0.25) is 0 Å². The van der Waals surface area contributed by atoms with Gasteiger partial charge in [-0.3, -0.25) is 0 Å². The Morgan fingerprint density at radius 2 is 2.00 bits per heavy atom. The number of aromatic nitrogens is 1. The van der Waals surface area contributed by atoms with E-state index in [1.54, 1.807) is 6.07 Å². The lowest BCUT2D eigenvalue weighted by Gasteiger charge is -2.08. The first-order valence-electron chi connectivity index (χ1n) is 6.31. The van der Waals surface area contributed by atoms with E-state index in [2.05, 4.69) is 0 Å². The molecule has 21 heavy (non-hydrogen) atoms. The molecule has 0 radical (unpaired) electrons. The first-order valence-corrected chi connectivity index (χ1v) is 6.68. The number of carbonyl (C=O) groups is 1. The minimum Gasteiger partial charge on any atom is -0.478 e. The molecule has 2 aromatic carbocycles. The maximum Gasteiger partial charge on any atom is 0.335 e. The lowest BCUT2D eigenvalue weighted by Crippen LogP contribution is -2.04. The largest absolute Gasteiger partial charge is 0.478 e. The number of fused-ring (bicyclic) bond motifs is 1. The molecule has 0 unspecified atom stereocenters. The Bertz CT molecular complexity index is 841. The van der Waals surface area contributed by atoms with Crippen LogP contribution < -0.4 is 0 Å². The van der Waals surface area contributed by atoms with Gasteiger partial charge in [-0.25, -0.2) is 9.18 Å². The summed E-state index contributed by atoms with van der Waals surface area (Å²) in [5, 5.41) is 10.6.